The van der Waals surface area contributed by atoms with Gasteiger partial charge in [0.1, 0.15) is 16.5 Å². The van der Waals surface area contributed by atoms with E-state index in [4.69, 9.17) is 9.47 Å². The highest BCUT2D eigenvalue weighted by Gasteiger charge is 2.22. The smallest absolute Gasteiger partial charge is 0.333 e. The number of nitrogens with zero attached hydrogens (tertiary/aromatic N) is 1. The zero-order valence-corrected chi connectivity index (χ0v) is 21.6. The van der Waals surface area contributed by atoms with E-state index in [1.807, 2.05) is 56.5 Å². The Morgan fingerprint density at radius 3 is 2.53 bits per heavy atom. The highest BCUT2D eigenvalue weighted by molar-refractivity contribution is 7.21. The molecule has 1 atom stereocenters. The first-order chi connectivity index (χ1) is 16.1. The number of hydrogen-bond donors (Lipinski definition) is 2. The number of thiazole rings is 1. The summed E-state index contributed by atoms with van der Waals surface area (Å²) >= 11 is 3.08. The molecule has 2 heterocycles. The highest BCUT2D eigenvalue weighted by Crippen LogP contribution is 2.31. The Morgan fingerprint density at radius 1 is 1.15 bits per heavy atom. The lowest BCUT2D eigenvalue weighted by Gasteiger charge is -2.19. The topological polar surface area (TPSA) is 97.8 Å². The van der Waals surface area contributed by atoms with Gasteiger partial charge in [0.25, 0.3) is 5.91 Å². The van der Waals surface area contributed by atoms with Crippen LogP contribution in [0.4, 0.5) is 0 Å². The summed E-state index contributed by atoms with van der Waals surface area (Å²) in [6.45, 7) is 9.58. The number of aliphatic carboxylic acids is 1. The van der Waals surface area contributed by atoms with Gasteiger partial charge >= 0.3 is 5.97 Å². The van der Waals surface area contributed by atoms with Gasteiger partial charge in [-0.3, -0.25) is 4.79 Å². The van der Waals surface area contributed by atoms with E-state index in [1.54, 1.807) is 25.2 Å². The van der Waals surface area contributed by atoms with Crippen molar-refractivity contribution >= 4 is 34.6 Å². The summed E-state index contributed by atoms with van der Waals surface area (Å²) in [4.78, 5) is 31.0. The summed E-state index contributed by atoms with van der Waals surface area (Å²) in [6, 6.07) is 9.46. The fraction of sp³-hybridized carbons (Fsp3) is 0.400. The maximum Gasteiger partial charge on any atom is 0.333 e. The van der Waals surface area contributed by atoms with Gasteiger partial charge < -0.3 is 19.9 Å². The standard InChI is InChI=1S/C25H30N2O5S2/c1-14(2)31-19-9-8-17(12-20(25(29)30)32-15(3)4)11-18(19)13-26-23(28)22-16(5)34-24(27-22)21-7-6-10-33-21/h6-11,14-15,20H,12-13H2,1-5H3,(H,26,28)(H,29,30). The van der Waals surface area contributed by atoms with Gasteiger partial charge in [-0.05, 0) is 57.7 Å². The molecule has 0 aliphatic heterocycles. The summed E-state index contributed by atoms with van der Waals surface area (Å²) in [5.41, 5.74) is 1.96. The first-order valence-corrected chi connectivity index (χ1v) is 12.8. The second-order valence-corrected chi connectivity index (χ2v) is 10.6. The number of aryl methyl sites for hydroxylation is 1. The SMILES string of the molecule is Cc1sc(-c2cccs2)nc1C(=O)NCc1cc(CC(OC(C)C)C(=O)O)ccc1OC(C)C. The molecule has 0 aliphatic carbocycles. The van der Waals surface area contributed by atoms with Gasteiger partial charge in [0, 0.05) is 23.4 Å². The Morgan fingerprint density at radius 2 is 1.91 bits per heavy atom. The third-order valence-electron chi connectivity index (χ3n) is 4.80. The van der Waals surface area contributed by atoms with E-state index in [0.717, 1.165) is 25.9 Å². The minimum atomic E-state index is -1.01. The summed E-state index contributed by atoms with van der Waals surface area (Å²) in [7, 11) is 0. The Labute approximate surface area is 207 Å². The molecule has 2 aromatic heterocycles. The van der Waals surface area contributed by atoms with Crippen LogP contribution in [0.2, 0.25) is 0 Å². The molecule has 0 fully saturated rings. The molecule has 0 saturated heterocycles. The van der Waals surface area contributed by atoms with E-state index in [9.17, 15) is 14.7 Å². The summed E-state index contributed by atoms with van der Waals surface area (Å²) in [5.74, 6) is -0.624. The largest absolute Gasteiger partial charge is 0.491 e. The average Bonchev–Trinajstić information content (AvgIpc) is 3.42. The van der Waals surface area contributed by atoms with E-state index in [1.165, 1.54) is 11.3 Å². The number of amides is 1. The van der Waals surface area contributed by atoms with Crippen LogP contribution < -0.4 is 10.1 Å². The molecule has 0 spiro atoms. The van der Waals surface area contributed by atoms with Crippen molar-refractivity contribution in [2.75, 3.05) is 0 Å². The highest BCUT2D eigenvalue weighted by atomic mass is 32.1. The van der Waals surface area contributed by atoms with Crippen LogP contribution in [0.15, 0.2) is 35.7 Å². The van der Waals surface area contributed by atoms with Gasteiger partial charge in [-0.1, -0.05) is 18.2 Å². The minimum Gasteiger partial charge on any atom is -0.491 e. The molecule has 9 heteroatoms. The van der Waals surface area contributed by atoms with Crippen molar-refractivity contribution < 1.29 is 24.2 Å². The molecule has 2 N–H and O–H groups in total. The molecule has 7 nitrogen and oxygen atoms in total. The van der Waals surface area contributed by atoms with Crippen molar-refractivity contribution in [1.82, 2.24) is 10.3 Å². The van der Waals surface area contributed by atoms with Crippen LogP contribution in [0.5, 0.6) is 5.75 Å². The maximum absolute atomic E-state index is 12.9. The molecule has 0 saturated carbocycles. The molecule has 0 radical (unpaired) electrons. The number of carboxylic acids is 1. The van der Waals surface area contributed by atoms with Crippen LogP contribution in [-0.4, -0.2) is 40.3 Å². The average molecular weight is 503 g/mol. The predicted octanol–water partition coefficient (Wildman–Crippen LogP) is 5.32. The summed E-state index contributed by atoms with van der Waals surface area (Å²) in [6.07, 6.45) is -0.992. The quantitative estimate of drug-likeness (QED) is 0.368. The Bertz CT molecular complexity index is 1120. The van der Waals surface area contributed by atoms with E-state index >= 15 is 0 Å². The molecule has 0 aliphatic rings. The van der Waals surface area contributed by atoms with Gasteiger partial charge in [-0.15, -0.1) is 22.7 Å². The second-order valence-electron chi connectivity index (χ2n) is 8.41. The van der Waals surface area contributed by atoms with E-state index < -0.39 is 12.1 Å². The van der Waals surface area contributed by atoms with Crippen molar-refractivity contribution in [3.8, 4) is 15.6 Å². The first kappa shape index (κ1) is 25.9. The zero-order chi connectivity index (χ0) is 24.8. The van der Waals surface area contributed by atoms with Gasteiger partial charge in [-0.25, -0.2) is 9.78 Å². The summed E-state index contributed by atoms with van der Waals surface area (Å²) < 4.78 is 11.5. The van der Waals surface area contributed by atoms with Crippen LogP contribution in [0.25, 0.3) is 9.88 Å². The predicted molar refractivity (Wildman–Crippen MR) is 135 cm³/mol. The molecule has 1 aromatic carbocycles. The van der Waals surface area contributed by atoms with Crippen LogP contribution in [0.1, 0.15) is 54.2 Å². The number of carboxylic acid groups (broad SMARTS) is 1. The van der Waals surface area contributed by atoms with Crippen LogP contribution in [0.3, 0.4) is 0 Å². The lowest BCUT2D eigenvalue weighted by Crippen LogP contribution is -2.29. The lowest BCUT2D eigenvalue weighted by atomic mass is 10.0. The number of benzene rings is 1. The van der Waals surface area contributed by atoms with E-state index in [-0.39, 0.29) is 31.1 Å². The van der Waals surface area contributed by atoms with Crippen molar-refractivity contribution in [2.45, 2.75) is 65.9 Å². The molecule has 3 rings (SSSR count). The third-order valence-corrected chi connectivity index (χ3v) is 6.81. The van der Waals surface area contributed by atoms with E-state index in [2.05, 4.69) is 10.3 Å². The minimum absolute atomic E-state index is 0.0505. The molecule has 3 aromatic rings. The molecular formula is C25H30N2O5S2. The molecule has 0 bridgehead atoms. The Kier molecular flexibility index (Phi) is 8.82. The van der Waals surface area contributed by atoms with Gasteiger partial charge in [0.15, 0.2) is 6.10 Å². The number of rotatable bonds is 11. The number of thiophene rings is 1. The van der Waals surface area contributed by atoms with Gasteiger partial charge in [0.05, 0.1) is 17.1 Å². The molecule has 1 unspecified atom stereocenters. The van der Waals surface area contributed by atoms with Crippen molar-refractivity contribution in [1.29, 1.82) is 0 Å². The zero-order valence-electron chi connectivity index (χ0n) is 20.0. The monoisotopic (exact) mass is 502 g/mol. The van der Waals surface area contributed by atoms with Crippen molar-refractivity contribution in [2.24, 2.45) is 0 Å². The molecule has 34 heavy (non-hydrogen) atoms. The molecular weight excluding hydrogens is 472 g/mol. The second kappa shape index (κ2) is 11.6. The third kappa shape index (κ3) is 6.88. The number of ether oxygens (including phenoxy) is 2. The van der Waals surface area contributed by atoms with Gasteiger partial charge in [-0.2, -0.15) is 0 Å². The van der Waals surface area contributed by atoms with Crippen LogP contribution in [-0.2, 0) is 22.5 Å². The van der Waals surface area contributed by atoms with Gasteiger partial charge in [0.2, 0.25) is 0 Å². The van der Waals surface area contributed by atoms with Crippen molar-refractivity contribution in [3.63, 3.8) is 0 Å². The summed E-state index contributed by atoms with van der Waals surface area (Å²) in [5, 5.41) is 15.3. The fourth-order valence-corrected chi connectivity index (χ4v) is 5.08. The number of hydrogen-bond acceptors (Lipinski definition) is 7. The van der Waals surface area contributed by atoms with Crippen LogP contribution in [0, 0.1) is 6.92 Å². The number of carbonyl (C=O) groups excluding carboxylic acids is 1. The Hall–Kier alpha value is -2.75. The normalized spacial score (nSPS) is 12.2. The van der Waals surface area contributed by atoms with E-state index in [0.29, 0.717) is 11.4 Å². The Balaban J connectivity index is 1.78. The maximum atomic E-state index is 12.9. The number of carbonyl (C=O) groups is 2. The molecule has 182 valence electrons. The number of aromatic nitrogens is 1. The fourth-order valence-electron chi connectivity index (χ4n) is 3.38. The first-order valence-electron chi connectivity index (χ1n) is 11.1. The number of nitrogens with one attached hydrogen (secondary N) is 1. The van der Waals surface area contributed by atoms with Crippen LogP contribution >= 0.6 is 22.7 Å². The van der Waals surface area contributed by atoms with Crippen molar-refractivity contribution in [3.05, 3.63) is 57.4 Å². The lowest BCUT2D eigenvalue weighted by molar-refractivity contribution is -0.153. The molecule has 1 amide bonds.